The molecule has 6 unspecified atom stereocenters. The Hall–Kier alpha value is -1.85. The van der Waals surface area contributed by atoms with Gasteiger partial charge < -0.3 is 39.4 Å². The highest BCUT2D eigenvalue weighted by atomic mass is 16.7. The van der Waals surface area contributed by atoms with Crippen LogP contribution in [0.4, 0.5) is 0 Å². The molecular formula is C43H76O9. The first-order valence-corrected chi connectivity index (χ1v) is 20.7. The van der Waals surface area contributed by atoms with E-state index < -0.39 is 43.4 Å². The summed E-state index contributed by atoms with van der Waals surface area (Å²) in [6.45, 7) is 4.34. The van der Waals surface area contributed by atoms with E-state index in [1.807, 2.05) is 0 Å². The van der Waals surface area contributed by atoms with Crippen molar-refractivity contribution in [2.45, 2.75) is 192 Å². The summed E-state index contributed by atoms with van der Waals surface area (Å²) < 4.78 is 22.6. The molecule has 52 heavy (non-hydrogen) atoms. The number of aliphatic hydroxyl groups is 4. The molecule has 1 fully saturated rings. The third kappa shape index (κ3) is 26.0. The number of esters is 1. The fourth-order valence-corrected chi connectivity index (χ4v) is 6.01. The quantitative estimate of drug-likeness (QED) is 0.0291. The van der Waals surface area contributed by atoms with Crippen LogP contribution in [0.25, 0.3) is 0 Å². The summed E-state index contributed by atoms with van der Waals surface area (Å²) in [5, 5.41) is 39.8. The Morgan fingerprint density at radius 3 is 1.77 bits per heavy atom. The molecule has 1 aliphatic heterocycles. The highest BCUT2D eigenvalue weighted by Crippen LogP contribution is 2.22. The average molecular weight is 737 g/mol. The number of hydrogen-bond acceptors (Lipinski definition) is 9. The number of aliphatic hydroxyl groups excluding tert-OH is 4. The molecule has 6 atom stereocenters. The maximum atomic E-state index is 12.5. The van der Waals surface area contributed by atoms with Crippen LogP contribution in [0.15, 0.2) is 48.6 Å². The highest BCUT2D eigenvalue weighted by molar-refractivity contribution is 5.69. The van der Waals surface area contributed by atoms with Crippen LogP contribution in [-0.2, 0) is 23.7 Å². The molecule has 0 bridgehead atoms. The second-order valence-electron chi connectivity index (χ2n) is 14.1. The van der Waals surface area contributed by atoms with E-state index >= 15 is 0 Å². The number of carbonyl (C=O) groups is 1. The number of carbonyl (C=O) groups excluding carboxylic acids is 1. The van der Waals surface area contributed by atoms with E-state index in [0.29, 0.717) is 13.0 Å². The normalized spacial score (nSPS) is 21.7. The van der Waals surface area contributed by atoms with Gasteiger partial charge in [-0.25, -0.2) is 0 Å². The van der Waals surface area contributed by atoms with Gasteiger partial charge in [-0.15, -0.1) is 0 Å². The zero-order chi connectivity index (χ0) is 37.9. The number of unbranched alkanes of at least 4 members (excludes halogenated alkanes) is 15. The minimum absolute atomic E-state index is 0.116. The lowest BCUT2D eigenvalue weighted by atomic mass is 9.99. The van der Waals surface area contributed by atoms with Gasteiger partial charge >= 0.3 is 5.97 Å². The Morgan fingerprint density at radius 1 is 0.635 bits per heavy atom. The van der Waals surface area contributed by atoms with E-state index in [4.69, 9.17) is 18.9 Å². The molecule has 302 valence electrons. The maximum absolute atomic E-state index is 12.5. The van der Waals surface area contributed by atoms with E-state index in [9.17, 15) is 25.2 Å². The number of rotatable bonds is 34. The molecule has 0 aromatic carbocycles. The maximum Gasteiger partial charge on any atom is 0.306 e. The van der Waals surface area contributed by atoms with Crippen molar-refractivity contribution < 1.29 is 44.2 Å². The van der Waals surface area contributed by atoms with Crippen LogP contribution >= 0.6 is 0 Å². The standard InChI is InChI=1S/C43H76O9/c1-3-5-7-9-10-11-12-13-14-15-16-17-18-19-20-21-22-23-24-25-26-27-29-31-33-49-35-37(51-39(45)32-30-28-8-6-4-2)36-50-43-42(48)41(47)40(46)38(34-44)52-43/h5,7,10-11,13-14,16-17,37-38,40-44,46-48H,3-4,6,8-9,12,15,18-36H2,1-2H3/b7-5-,11-10-,14-13-,17-16-. The average Bonchev–Trinajstić information content (AvgIpc) is 3.14. The number of ether oxygens (including phenoxy) is 4. The third-order valence-electron chi connectivity index (χ3n) is 9.26. The molecule has 1 aliphatic rings. The summed E-state index contributed by atoms with van der Waals surface area (Å²) >= 11 is 0. The summed E-state index contributed by atoms with van der Waals surface area (Å²) in [6, 6.07) is 0. The largest absolute Gasteiger partial charge is 0.457 e. The third-order valence-corrected chi connectivity index (χ3v) is 9.26. The first-order valence-electron chi connectivity index (χ1n) is 20.7. The van der Waals surface area contributed by atoms with Crippen LogP contribution < -0.4 is 0 Å². The van der Waals surface area contributed by atoms with E-state index in [-0.39, 0.29) is 19.2 Å². The fourth-order valence-electron chi connectivity index (χ4n) is 6.01. The van der Waals surface area contributed by atoms with Crippen LogP contribution in [0.2, 0.25) is 0 Å². The van der Waals surface area contributed by atoms with E-state index in [0.717, 1.165) is 70.6 Å². The lowest BCUT2D eigenvalue weighted by Crippen LogP contribution is -2.59. The van der Waals surface area contributed by atoms with Crippen LogP contribution in [0.3, 0.4) is 0 Å². The smallest absolute Gasteiger partial charge is 0.306 e. The van der Waals surface area contributed by atoms with Crippen LogP contribution in [-0.4, -0.2) is 89.6 Å². The predicted octanol–water partition coefficient (Wildman–Crippen LogP) is 8.58. The Kier molecular flexibility index (Phi) is 32.3. The van der Waals surface area contributed by atoms with Gasteiger partial charge in [-0.3, -0.25) is 4.79 Å². The summed E-state index contributed by atoms with van der Waals surface area (Å²) in [6.07, 6.45) is 34.7. The second-order valence-corrected chi connectivity index (χ2v) is 14.1. The minimum atomic E-state index is -1.53. The lowest BCUT2D eigenvalue weighted by Gasteiger charge is -2.39. The van der Waals surface area contributed by atoms with Gasteiger partial charge in [0.05, 0.1) is 19.8 Å². The van der Waals surface area contributed by atoms with Crippen molar-refractivity contribution in [2.24, 2.45) is 0 Å². The van der Waals surface area contributed by atoms with Gasteiger partial charge in [0.15, 0.2) is 6.29 Å². The van der Waals surface area contributed by atoms with Gasteiger partial charge in [0.2, 0.25) is 0 Å². The molecule has 0 radical (unpaired) electrons. The SMILES string of the molecule is CC/C=C\C/C=C\C/C=C\C/C=C\CCCCCCCCCCCCCOCC(COC1OC(CO)C(O)C(O)C1O)OC(=O)CCCCCCC. The molecule has 1 heterocycles. The van der Waals surface area contributed by atoms with Crippen molar-refractivity contribution in [3.8, 4) is 0 Å². The molecule has 0 amide bonds. The molecule has 9 nitrogen and oxygen atoms in total. The summed E-state index contributed by atoms with van der Waals surface area (Å²) in [7, 11) is 0. The van der Waals surface area contributed by atoms with Gasteiger partial charge in [-0.2, -0.15) is 0 Å². The Bertz CT molecular complexity index is 932. The summed E-state index contributed by atoms with van der Waals surface area (Å²) in [5.41, 5.74) is 0. The van der Waals surface area contributed by atoms with Crippen molar-refractivity contribution in [1.82, 2.24) is 0 Å². The molecule has 0 aliphatic carbocycles. The molecule has 4 N–H and O–H groups in total. The fraction of sp³-hybridized carbons (Fsp3) is 0.791. The van der Waals surface area contributed by atoms with Crippen molar-refractivity contribution in [3.05, 3.63) is 48.6 Å². The van der Waals surface area contributed by atoms with Gasteiger partial charge in [0.25, 0.3) is 0 Å². The summed E-state index contributed by atoms with van der Waals surface area (Å²) in [4.78, 5) is 12.5. The van der Waals surface area contributed by atoms with Crippen molar-refractivity contribution in [1.29, 1.82) is 0 Å². The topological polar surface area (TPSA) is 135 Å². The molecule has 1 saturated heterocycles. The van der Waals surface area contributed by atoms with Gasteiger partial charge in [-0.05, 0) is 51.4 Å². The Morgan fingerprint density at radius 2 is 1.17 bits per heavy atom. The first-order chi connectivity index (χ1) is 25.4. The molecular weight excluding hydrogens is 660 g/mol. The highest BCUT2D eigenvalue weighted by Gasteiger charge is 2.44. The number of allylic oxidation sites excluding steroid dienone is 8. The predicted molar refractivity (Wildman–Crippen MR) is 210 cm³/mol. The molecule has 1 rings (SSSR count). The molecule has 0 spiro atoms. The van der Waals surface area contributed by atoms with Gasteiger partial charge in [0.1, 0.15) is 30.5 Å². The van der Waals surface area contributed by atoms with Crippen molar-refractivity contribution in [2.75, 3.05) is 26.4 Å². The van der Waals surface area contributed by atoms with Crippen LogP contribution in [0.5, 0.6) is 0 Å². The van der Waals surface area contributed by atoms with Crippen molar-refractivity contribution in [3.63, 3.8) is 0 Å². The molecule has 0 aromatic rings. The molecule has 0 aromatic heterocycles. The second kappa shape index (κ2) is 34.9. The van der Waals surface area contributed by atoms with E-state index in [1.54, 1.807) is 0 Å². The van der Waals surface area contributed by atoms with Gasteiger partial charge in [0, 0.05) is 13.0 Å². The number of hydrogen-bond donors (Lipinski definition) is 4. The van der Waals surface area contributed by atoms with E-state index in [2.05, 4.69) is 62.5 Å². The van der Waals surface area contributed by atoms with Crippen molar-refractivity contribution >= 4 is 5.97 Å². The first kappa shape index (κ1) is 48.2. The van der Waals surface area contributed by atoms with Gasteiger partial charge in [-0.1, -0.05) is 146 Å². The minimum Gasteiger partial charge on any atom is -0.457 e. The molecule has 9 heteroatoms. The zero-order valence-corrected chi connectivity index (χ0v) is 32.8. The zero-order valence-electron chi connectivity index (χ0n) is 32.8. The monoisotopic (exact) mass is 737 g/mol. The molecule has 0 saturated carbocycles. The Balaban J connectivity index is 2.12. The van der Waals surface area contributed by atoms with Crippen LogP contribution in [0.1, 0.15) is 155 Å². The van der Waals surface area contributed by atoms with Crippen LogP contribution in [0, 0.1) is 0 Å². The lowest BCUT2D eigenvalue weighted by molar-refractivity contribution is -0.305. The Labute approximate surface area is 316 Å². The van der Waals surface area contributed by atoms with E-state index in [1.165, 1.54) is 64.2 Å². The summed E-state index contributed by atoms with van der Waals surface area (Å²) in [5.74, 6) is -0.329.